The van der Waals surface area contributed by atoms with Crippen LogP contribution in [0.15, 0.2) is 33.9 Å². The number of aromatic nitrogens is 4. The lowest BCUT2D eigenvalue weighted by atomic mass is 10.2. The number of aryl methyl sites for hydroxylation is 1. The molecule has 3 aromatic rings. The molecule has 2 heterocycles. The number of fused-ring (bicyclic) bond motifs is 1. The van der Waals surface area contributed by atoms with Crippen molar-refractivity contribution < 1.29 is 9.84 Å². The van der Waals surface area contributed by atoms with Gasteiger partial charge in [0.05, 0.1) is 19.8 Å². The standard InChI is InChI=1S/C18H23N5O4/c1-11(24)9-19-17-20-15-14(16(25)22(3)18(26)21(15)2)23(17)10-12-6-5-7-13(8-12)27-4/h5-8,11,24H,9-10H2,1-4H3,(H,19,20). The van der Waals surface area contributed by atoms with Gasteiger partial charge in [-0.3, -0.25) is 18.5 Å². The molecule has 0 spiro atoms. The van der Waals surface area contributed by atoms with Crippen LogP contribution in [0, 0.1) is 0 Å². The van der Waals surface area contributed by atoms with Crippen LogP contribution < -0.4 is 21.3 Å². The van der Waals surface area contributed by atoms with Gasteiger partial charge >= 0.3 is 5.69 Å². The smallest absolute Gasteiger partial charge is 0.332 e. The van der Waals surface area contributed by atoms with Crippen molar-refractivity contribution >= 4 is 17.1 Å². The molecule has 27 heavy (non-hydrogen) atoms. The zero-order valence-electron chi connectivity index (χ0n) is 15.8. The van der Waals surface area contributed by atoms with Gasteiger partial charge in [0, 0.05) is 20.6 Å². The van der Waals surface area contributed by atoms with E-state index >= 15 is 0 Å². The van der Waals surface area contributed by atoms with Gasteiger partial charge in [-0.2, -0.15) is 4.98 Å². The number of anilines is 1. The molecule has 2 N–H and O–H groups in total. The van der Waals surface area contributed by atoms with Crippen molar-refractivity contribution in [3.8, 4) is 5.75 Å². The van der Waals surface area contributed by atoms with Crippen LogP contribution in [0.4, 0.5) is 5.95 Å². The molecular formula is C18H23N5O4. The highest BCUT2D eigenvalue weighted by molar-refractivity contribution is 5.74. The first-order chi connectivity index (χ1) is 12.8. The van der Waals surface area contributed by atoms with E-state index in [2.05, 4.69) is 10.3 Å². The number of aliphatic hydroxyl groups is 1. The monoisotopic (exact) mass is 373 g/mol. The van der Waals surface area contributed by atoms with Crippen LogP contribution in [-0.4, -0.2) is 43.6 Å². The van der Waals surface area contributed by atoms with Gasteiger partial charge in [-0.15, -0.1) is 0 Å². The molecule has 1 unspecified atom stereocenters. The third kappa shape index (κ3) is 3.45. The van der Waals surface area contributed by atoms with E-state index in [0.29, 0.717) is 29.4 Å². The van der Waals surface area contributed by atoms with Crippen molar-refractivity contribution in [2.24, 2.45) is 14.1 Å². The number of imidazole rings is 1. The Hall–Kier alpha value is -3.07. The summed E-state index contributed by atoms with van der Waals surface area (Å²) in [6.45, 7) is 2.26. The molecule has 1 atom stereocenters. The predicted molar refractivity (Wildman–Crippen MR) is 102 cm³/mol. The summed E-state index contributed by atoms with van der Waals surface area (Å²) in [5.74, 6) is 1.11. The number of methoxy groups -OCH3 is 1. The van der Waals surface area contributed by atoms with E-state index in [9.17, 15) is 14.7 Å². The van der Waals surface area contributed by atoms with Gasteiger partial charge in [-0.25, -0.2) is 4.79 Å². The van der Waals surface area contributed by atoms with Crippen molar-refractivity contribution in [3.05, 3.63) is 50.7 Å². The number of rotatable bonds is 6. The van der Waals surface area contributed by atoms with Gasteiger partial charge < -0.3 is 15.2 Å². The number of nitrogens with zero attached hydrogens (tertiary/aromatic N) is 4. The normalized spacial score (nSPS) is 12.3. The highest BCUT2D eigenvalue weighted by atomic mass is 16.5. The molecule has 0 aliphatic heterocycles. The fraction of sp³-hybridized carbons (Fsp3) is 0.389. The van der Waals surface area contributed by atoms with Crippen LogP contribution in [0.3, 0.4) is 0 Å². The third-order valence-corrected chi connectivity index (χ3v) is 4.38. The molecule has 0 aliphatic carbocycles. The third-order valence-electron chi connectivity index (χ3n) is 4.38. The molecular weight excluding hydrogens is 350 g/mol. The Morgan fingerprint density at radius 1 is 1.26 bits per heavy atom. The van der Waals surface area contributed by atoms with Crippen LogP contribution >= 0.6 is 0 Å². The summed E-state index contributed by atoms with van der Waals surface area (Å²) >= 11 is 0. The van der Waals surface area contributed by atoms with Gasteiger partial charge in [-0.1, -0.05) is 12.1 Å². The molecule has 9 nitrogen and oxygen atoms in total. The largest absolute Gasteiger partial charge is 0.497 e. The van der Waals surface area contributed by atoms with Gasteiger partial charge in [-0.05, 0) is 24.6 Å². The summed E-state index contributed by atoms with van der Waals surface area (Å²) in [7, 11) is 4.61. The number of aliphatic hydroxyl groups excluding tert-OH is 1. The predicted octanol–water partition coefficient (Wildman–Crippen LogP) is 0.283. The fourth-order valence-electron chi connectivity index (χ4n) is 2.93. The van der Waals surface area contributed by atoms with E-state index in [-0.39, 0.29) is 6.54 Å². The van der Waals surface area contributed by atoms with Gasteiger partial charge in [0.15, 0.2) is 11.2 Å². The maximum Gasteiger partial charge on any atom is 0.332 e. The molecule has 0 amide bonds. The molecule has 0 bridgehead atoms. The molecule has 3 rings (SSSR count). The second-order valence-electron chi connectivity index (χ2n) is 6.48. The summed E-state index contributed by atoms with van der Waals surface area (Å²) in [5, 5.41) is 12.6. The number of benzene rings is 1. The van der Waals surface area contributed by atoms with Crippen LogP contribution in [0.2, 0.25) is 0 Å². The number of hydrogen-bond acceptors (Lipinski definition) is 6. The molecule has 9 heteroatoms. The number of nitrogens with one attached hydrogen (secondary N) is 1. The van der Waals surface area contributed by atoms with Crippen molar-refractivity contribution in [3.63, 3.8) is 0 Å². The lowest BCUT2D eigenvalue weighted by Crippen LogP contribution is -2.37. The Balaban J connectivity index is 2.21. The first kappa shape index (κ1) is 18.7. The molecule has 2 aromatic heterocycles. The van der Waals surface area contributed by atoms with Crippen LogP contribution in [0.25, 0.3) is 11.2 Å². The quantitative estimate of drug-likeness (QED) is 0.643. The van der Waals surface area contributed by atoms with E-state index < -0.39 is 17.4 Å². The Morgan fingerprint density at radius 2 is 2.00 bits per heavy atom. The van der Waals surface area contributed by atoms with E-state index in [1.165, 1.54) is 11.6 Å². The fourth-order valence-corrected chi connectivity index (χ4v) is 2.93. The Bertz CT molecular complexity index is 1090. The molecule has 0 aliphatic rings. The highest BCUT2D eigenvalue weighted by Gasteiger charge is 2.19. The van der Waals surface area contributed by atoms with Crippen LogP contribution in [-0.2, 0) is 20.6 Å². The van der Waals surface area contributed by atoms with Gasteiger partial charge in [0.1, 0.15) is 5.75 Å². The summed E-state index contributed by atoms with van der Waals surface area (Å²) in [5.41, 5.74) is 0.647. The molecule has 0 radical (unpaired) electrons. The van der Waals surface area contributed by atoms with E-state index in [4.69, 9.17) is 4.74 Å². The maximum absolute atomic E-state index is 12.8. The molecule has 144 valence electrons. The number of ether oxygens (including phenoxy) is 1. The topological polar surface area (TPSA) is 103 Å². The minimum absolute atomic E-state index is 0.260. The summed E-state index contributed by atoms with van der Waals surface area (Å²) in [4.78, 5) is 29.5. The minimum Gasteiger partial charge on any atom is -0.497 e. The average Bonchev–Trinajstić information content (AvgIpc) is 3.01. The van der Waals surface area contributed by atoms with Crippen LogP contribution in [0.5, 0.6) is 5.75 Å². The summed E-state index contributed by atoms with van der Waals surface area (Å²) < 4.78 is 9.38. The zero-order valence-corrected chi connectivity index (χ0v) is 15.8. The minimum atomic E-state index is -0.596. The second kappa shape index (κ2) is 7.28. The van der Waals surface area contributed by atoms with Gasteiger partial charge in [0.2, 0.25) is 5.95 Å². The molecule has 0 saturated heterocycles. The Morgan fingerprint density at radius 3 is 2.67 bits per heavy atom. The second-order valence-corrected chi connectivity index (χ2v) is 6.48. The zero-order chi connectivity index (χ0) is 19.7. The van der Waals surface area contributed by atoms with Crippen molar-refractivity contribution in [1.82, 2.24) is 18.7 Å². The molecule has 1 aromatic carbocycles. The van der Waals surface area contributed by atoms with Crippen molar-refractivity contribution in [2.45, 2.75) is 19.6 Å². The molecule has 0 fully saturated rings. The first-order valence-corrected chi connectivity index (χ1v) is 8.54. The number of hydrogen-bond donors (Lipinski definition) is 2. The lowest BCUT2D eigenvalue weighted by molar-refractivity contribution is 0.208. The van der Waals surface area contributed by atoms with E-state index in [1.54, 1.807) is 25.6 Å². The Labute approximate surface area is 155 Å². The van der Waals surface area contributed by atoms with E-state index in [1.807, 2.05) is 24.3 Å². The van der Waals surface area contributed by atoms with Gasteiger partial charge in [0.25, 0.3) is 5.56 Å². The average molecular weight is 373 g/mol. The first-order valence-electron chi connectivity index (χ1n) is 8.54. The summed E-state index contributed by atoms with van der Waals surface area (Å²) in [6, 6.07) is 7.49. The lowest BCUT2D eigenvalue weighted by Gasteiger charge is -2.12. The SMILES string of the molecule is COc1cccc(Cn2c(NCC(C)O)nc3c2c(=O)n(C)c(=O)n3C)c1. The highest BCUT2D eigenvalue weighted by Crippen LogP contribution is 2.20. The van der Waals surface area contributed by atoms with Crippen LogP contribution in [0.1, 0.15) is 12.5 Å². The van der Waals surface area contributed by atoms with Crippen molar-refractivity contribution in [1.29, 1.82) is 0 Å². The van der Waals surface area contributed by atoms with Crippen molar-refractivity contribution in [2.75, 3.05) is 19.0 Å². The molecule has 0 saturated carbocycles. The summed E-state index contributed by atoms with van der Waals surface area (Å²) in [6.07, 6.45) is -0.596. The van der Waals surface area contributed by atoms with E-state index in [0.717, 1.165) is 10.1 Å². The maximum atomic E-state index is 12.8. The Kier molecular flexibility index (Phi) is 5.04.